The molecule has 0 fully saturated rings. The molecule has 1 rings (SSSR count). The van der Waals surface area contributed by atoms with Gasteiger partial charge < -0.3 is 16.2 Å². The predicted octanol–water partition coefficient (Wildman–Crippen LogP) is 0.318. The van der Waals surface area contributed by atoms with Gasteiger partial charge in [-0.2, -0.15) is 13.2 Å². The Labute approximate surface area is 117 Å². The molecule has 0 aliphatic heterocycles. The topological polar surface area (TPSA) is 122 Å². The monoisotopic (exact) mass is 307 g/mol. The molecule has 0 saturated heterocycles. The maximum absolute atomic E-state index is 11.4. The first-order valence-corrected chi connectivity index (χ1v) is 5.36. The van der Waals surface area contributed by atoms with Crippen LogP contribution in [0.5, 0.6) is 0 Å². The van der Waals surface area contributed by atoms with Gasteiger partial charge in [0.05, 0.1) is 0 Å². The van der Waals surface area contributed by atoms with Gasteiger partial charge in [0.25, 0.3) is 5.91 Å². The van der Waals surface area contributed by atoms with Crippen molar-refractivity contribution in [3.8, 4) is 0 Å². The molecule has 21 heavy (non-hydrogen) atoms. The fourth-order valence-electron chi connectivity index (χ4n) is 0.854. The highest BCUT2D eigenvalue weighted by molar-refractivity contribution is 5.96. The van der Waals surface area contributed by atoms with Crippen molar-refractivity contribution < 1.29 is 32.7 Å². The van der Waals surface area contributed by atoms with Crippen LogP contribution in [0, 0.1) is 0 Å². The lowest BCUT2D eigenvalue weighted by Crippen LogP contribution is -2.42. The standard InChI is InChI=1S/C9H11N3O2.C2HF3O2/c1-6(8(10)13)12-9(14)7-2-4-11-5-3-7;3-2(4,5)1(6)7/h2-6H,1H3,(H2,10,13)(H,12,14);(H,6,7)/t6-;/m1./s1. The van der Waals surface area contributed by atoms with Crippen molar-refractivity contribution in [3.05, 3.63) is 30.1 Å². The summed E-state index contributed by atoms with van der Waals surface area (Å²) < 4.78 is 31.7. The molecule has 0 radical (unpaired) electrons. The average Bonchev–Trinajstić information content (AvgIpc) is 2.39. The van der Waals surface area contributed by atoms with E-state index in [-0.39, 0.29) is 5.91 Å². The van der Waals surface area contributed by atoms with Gasteiger partial charge in [0, 0.05) is 18.0 Å². The Hall–Kier alpha value is -2.65. The third-order valence-corrected chi connectivity index (χ3v) is 1.96. The van der Waals surface area contributed by atoms with Crippen LogP contribution in [0.4, 0.5) is 13.2 Å². The number of halogens is 3. The Bertz CT molecular complexity index is 505. The van der Waals surface area contributed by atoms with Crippen LogP contribution in [0.25, 0.3) is 0 Å². The Morgan fingerprint density at radius 2 is 1.71 bits per heavy atom. The molecule has 0 unspecified atom stereocenters. The molecule has 0 bridgehead atoms. The van der Waals surface area contributed by atoms with Crippen LogP contribution in [-0.2, 0) is 9.59 Å². The lowest BCUT2D eigenvalue weighted by Gasteiger charge is -2.09. The number of amides is 2. The van der Waals surface area contributed by atoms with Crippen LogP contribution in [0.3, 0.4) is 0 Å². The van der Waals surface area contributed by atoms with Gasteiger partial charge in [-0.05, 0) is 19.1 Å². The van der Waals surface area contributed by atoms with E-state index in [1.165, 1.54) is 19.3 Å². The van der Waals surface area contributed by atoms with Crippen molar-refractivity contribution in [1.29, 1.82) is 0 Å². The molecule has 0 saturated carbocycles. The van der Waals surface area contributed by atoms with E-state index >= 15 is 0 Å². The summed E-state index contributed by atoms with van der Waals surface area (Å²) in [5.74, 6) is -3.65. The summed E-state index contributed by atoms with van der Waals surface area (Å²) in [5, 5.41) is 9.58. The average molecular weight is 307 g/mol. The van der Waals surface area contributed by atoms with Crippen molar-refractivity contribution in [2.24, 2.45) is 5.73 Å². The second-order valence-corrected chi connectivity index (χ2v) is 3.64. The molecule has 4 N–H and O–H groups in total. The van der Waals surface area contributed by atoms with Gasteiger partial charge in [-0.3, -0.25) is 14.6 Å². The van der Waals surface area contributed by atoms with Gasteiger partial charge in [0.15, 0.2) is 0 Å². The molecule has 1 atom stereocenters. The van der Waals surface area contributed by atoms with E-state index in [1.54, 1.807) is 12.1 Å². The minimum Gasteiger partial charge on any atom is -0.475 e. The van der Waals surface area contributed by atoms with Crippen LogP contribution in [0.1, 0.15) is 17.3 Å². The van der Waals surface area contributed by atoms with E-state index in [4.69, 9.17) is 15.6 Å². The molecule has 2 amide bonds. The van der Waals surface area contributed by atoms with E-state index < -0.39 is 24.1 Å². The van der Waals surface area contributed by atoms with E-state index in [0.717, 1.165) is 0 Å². The third-order valence-electron chi connectivity index (χ3n) is 1.96. The van der Waals surface area contributed by atoms with Crippen LogP contribution in [0.2, 0.25) is 0 Å². The number of nitrogens with one attached hydrogen (secondary N) is 1. The lowest BCUT2D eigenvalue weighted by atomic mass is 10.2. The summed E-state index contributed by atoms with van der Waals surface area (Å²) in [6, 6.07) is 2.45. The number of nitrogens with zero attached hydrogens (tertiary/aromatic N) is 1. The number of aromatic nitrogens is 1. The van der Waals surface area contributed by atoms with Gasteiger partial charge >= 0.3 is 12.1 Å². The van der Waals surface area contributed by atoms with Crippen LogP contribution < -0.4 is 11.1 Å². The summed E-state index contributed by atoms with van der Waals surface area (Å²) >= 11 is 0. The Balaban J connectivity index is 0.000000486. The van der Waals surface area contributed by atoms with E-state index in [1.807, 2.05) is 0 Å². The van der Waals surface area contributed by atoms with Gasteiger partial charge in [-0.1, -0.05) is 0 Å². The summed E-state index contributed by atoms with van der Waals surface area (Å²) in [6.45, 7) is 1.53. The highest BCUT2D eigenvalue weighted by atomic mass is 19.4. The predicted molar refractivity (Wildman–Crippen MR) is 64.1 cm³/mol. The maximum Gasteiger partial charge on any atom is 0.490 e. The first kappa shape index (κ1) is 18.4. The second kappa shape index (κ2) is 7.82. The van der Waals surface area contributed by atoms with Crippen molar-refractivity contribution >= 4 is 17.8 Å². The lowest BCUT2D eigenvalue weighted by molar-refractivity contribution is -0.192. The fourth-order valence-corrected chi connectivity index (χ4v) is 0.854. The van der Waals surface area contributed by atoms with Crippen molar-refractivity contribution in [1.82, 2.24) is 10.3 Å². The zero-order valence-corrected chi connectivity index (χ0v) is 10.7. The molecule has 1 heterocycles. The number of hydrogen-bond acceptors (Lipinski definition) is 4. The molecule has 0 aliphatic carbocycles. The maximum atomic E-state index is 11.4. The summed E-state index contributed by atoms with van der Waals surface area (Å²) in [4.78, 5) is 34.7. The number of aliphatic carboxylic acids is 1. The van der Waals surface area contributed by atoms with E-state index in [0.29, 0.717) is 5.56 Å². The number of carbonyl (C=O) groups excluding carboxylic acids is 2. The molecule has 0 aromatic carbocycles. The molecule has 0 spiro atoms. The number of rotatable bonds is 3. The Kier molecular flexibility index (Phi) is 6.84. The minimum absolute atomic E-state index is 0.335. The number of nitrogens with two attached hydrogens (primary N) is 1. The fraction of sp³-hybridized carbons (Fsp3) is 0.273. The van der Waals surface area contributed by atoms with Crippen molar-refractivity contribution in [2.75, 3.05) is 0 Å². The largest absolute Gasteiger partial charge is 0.490 e. The smallest absolute Gasteiger partial charge is 0.475 e. The number of carboxylic acid groups (broad SMARTS) is 1. The Morgan fingerprint density at radius 3 is 2.05 bits per heavy atom. The van der Waals surface area contributed by atoms with Crippen LogP contribution >= 0.6 is 0 Å². The number of carboxylic acids is 1. The van der Waals surface area contributed by atoms with Crippen LogP contribution in [0.15, 0.2) is 24.5 Å². The SMILES string of the molecule is C[C@@H](NC(=O)c1ccncc1)C(N)=O.O=C(O)C(F)(F)F. The molecular formula is C11H12F3N3O4. The number of hydrogen-bond donors (Lipinski definition) is 3. The zero-order valence-electron chi connectivity index (χ0n) is 10.7. The number of carbonyl (C=O) groups is 3. The van der Waals surface area contributed by atoms with Crippen LogP contribution in [-0.4, -0.2) is 40.1 Å². The molecule has 116 valence electrons. The van der Waals surface area contributed by atoms with Gasteiger partial charge in [-0.25, -0.2) is 4.79 Å². The first-order valence-electron chi connectivity index (χ1n) is 5.36. The highest BCUT2D eigenvalue weighted by Gasteiger charge is 2.38. The van der Waals surface area contributed by atoms with Gasteiger partial charge in [0.2, 0.25) is 5.91 Å². The van der Waals surface area contributed by atoms with Gasteiger partial charge in [0.1, 0.15) is 6.04 Å². The number of alkyl halides is 3. The third kappa shape index (κ3) is 7.50. The molecule has 10 heteroatoms. The second-order valence-electron chi connectivity index (χ2n) is 3.64. The number of pyridine rings is 1. The normalized spacial score (nSPS) is 11.6. The highest BCUT2D eigenvalue weighted by Crippen LogP contribution is 2.13. The molecule has 7 nitrogen and oxygen atoms in total. The van der Waals surface area contributed by atoms with Crippen molar-refractivity contribution in [3.63, 3.8) is 0 Å². The van der Waals surface area contributed by atoms with Crippen molar-refractivity contribution in [2.45, 2.75) is 19.1 Å². The summed E-state index contributed by atoms with van der Waals surface area (Å²) in [5.41, 5.74) is 5.45. The molecular weight excluding hydrogens is 295 g/mol. The van der Waals surface area contributed by atoms with Gasteiger partial charge in [-0.15, -0.1) is 0 Å². The molecule has 1 aromatic heterocycles. The summed E-state index contributed by atoms with van der Waals surface area (Å²) in [7, 11) is 0. The first-order chi connectivity index (χ1) is 9.55. The van der Waals surface area contributed by atoms with E-state index in [9.17, 15) is 22.8 Å². The minimum atomic E-state index is -5.08. The quantitative estimate of drug-likeness (QED) is 0.742. The number of primary amides is 1. The van der Waals surface area contributed by atoms with E-state index in [2.05, 4.69) is 10.3 Å². The summed E-state index contributed by atoms with van der Waals surface area (Å²) in [6.07, 6.45) is -2.08. The molecule has 0 aliphatic rings. The molecule has 1 aromatic rings. The zero-order chi connectivity index (χ0) is 16.6. The Morgan fingerprint density at radius 1 is 1.29 bits per heavy atom.